The summed E-state index contributed by atoms with van der Waals surface area (Å²) in [6.07, 6.45) is -0.812. The lowest BCUT2D eigenvalue weighted by molar-refractivity contribution is -0.384. The number of nitrogens with zero attached hydrogens (tertiary/aromatic N) is 1. The second-order valence-corrected chi connectivity index (χ2v) is 4.63. The van der Waals surface area contributed by atoms with E-state index in [0.29, 0.717) is 0 Å². The van der Waals surface area contributed by atoms with E-state index in [9.17, 15) is 14.9 Å². The normalized spacial score (nSPS) is 10.0. The number of amides is 1. The van der Waals surface area contributed by atoms with E-state index in [1.54, 1.807) is 24.3 Å². The number of anilines is 1. The molecule has 0 atom stereocenters. The van der Waals surface area contributed by atoms with Crippen molar-refractivity contribution in [1.29, 1.82) is 0 Å². The quantitative estimate of drug-likeness (QED) is 0.430. The van der Waals surface area contributed by atoms with Crippen LogP contribution in [-0.2, 0) is 11.3 Å². The van der Waals surface area contributed by atoms with Gasteiger partial charge in [0, 0.05) is 12.1 Å². The van der Waals surface area contributed by atoms with E-state index in [1.807, 2.05) is 6.07 Å². The number of carbonyl (C=O) groups excluding carboxylic acids is 1. The molecule has 0 saturated heterocycles. The summed E-state index contributed by atoms with van der Waals surface area (Å²) < 4.78 is 4.99. The highest BCUT2D eigenvalue weighted by Crippen LogP contribution is 2.16. The number of rotatable bonds is 5. The second-order valence-electron chi connectivity index (χ2n) is 4.63. The van der Waals surface area contributed by atoms with Crippen molar-refractivity contribution in [2.45, 2.75) is 6.61 Å². The monoisotopic (exact) mass is 316 g/mol. The minimum absolute atomic E-state index is 0.0281. The SMILES string of the molecule is O=C(Nc1cc(B(O)O)cc([N+](=O)[O-])c1)OCc1ccccc1. The van der Waals surface area contributed by atoms with Gasteiger partial charge in [-0.15, -0.1) is 0 Å². The van der Waals surface area contributed by atoms with Crippen LogP contribution in [0.15, 0.2) is 48.5 Å². The molecule has 0 fully saturated rings. The van der Waals surface area contributed by atoms with Crippen LogP contribution in [0.3, 0.4) is 0 Å². The predicted molar refractivity (Wildman–Crippen MR) is 83.2 cm³/mol. The summed E-state index contributed by atoms with van der Waals surface area (Å²) in [6.45, 7) is 0.0388. The number of non-ortho nitro benzene ring substituents is 1. The Bertz CT molecular complexity index is 708. The van der Waals surface area contributed by atoms with Crippen LogP contribution >= 0.6 is 0 Å². The predicted octanol–water partition coefficient (Wildman–Crippen LogP) is 1.02. The highest BCUT2D eigenvalue weighted by atomic mass is 16.6. The zero-order valence-electron chi connectivity index (χ0n) is 11.9. The van der Waals surface area contributed by atoms with Crippen LogP contribution in [0.5, 0.6) is 0 Å². The van der Waals surface area contributed by atoms with Gasteiger partial charge in [0.05, 0.1) is 10.6 Å². The summed E-state index contributed by atoms with van der Waals surface area (Å²) in [5.41, 5.74) is 0.319. The maximum absolute atomic E-state index is 11.7. The number of benzene rings is 2. The summed E-state index contributed by atoms with van der Waals surface area (Å²) >= 11 is 0. The van der Waals surface area contributed by atoms with Gasteiger partial charge in [-0.05, 0) is 17.1 Å². The topological polar surface area (TPSA) is 122 Å². The Hall–Kier alpha value is -2.91. The molecule has 9 heteroatoms. The smallest absolute Gasteiger partial charge is 0.444 e. The van der Waals surface area contributed by atoms with Crippen LogP contribution in [0.2, 0.25) is 0 Å². The van der Waals surface area contributed by atoms with Crippen molar-refractivity contribution >= 4 is 30.0 Å². The molecule has 2 rings (SSSR count). The van der Waals surface area contributed by atoms with E-state index >= 15 is 0 Å². The molecule has 0 aromatic heterocycles. The summed E-state index contributed by atoms with van der Waals surface area (Å²) in [7, 11) is -1.89. The number of nitro benzene ring substituents is 1. The number of hydrogen-bond acceptors (Lipinski definition) is 6. The van der Waals surface area contributed by atoms with E-state index in [2.05, 4.69) is 5.32 Å². The summed E-state index contributed by atoms with van der Waals surface area (Å²) in [6, 6.07) is 12.3. The van der Waals surface area contributed by atoms with E-state index in [4.69, 9.17) is 14.8 Å². The fraction of sp³-hybridized carbons (Fsp3) is 0.0714. The van der Waals surface area contributed by atoms with E-state index in [1.165, 1.54) is 6.07 Å². The van der Waals surface area contributed by atoms with Crippen molar-refractivity contribution in [3.05, 3.63) is 64.2 Å². The van der Waals surface area contributed by atoms with Crippen LogP contribution in [0.4, 0.5) is 16.2 Å². The maximum Gasteiger partial charge on any atom is 0.488 e. The van der Waals surface area contributed by atoms with Crippen molar-refractivity contribution in [3.63, 3.8) is 0 Å². The number of ether oxygens (including phenoxy) is 1. The Labute approximate surface area is 131 Å². The molecule has 8 nitrogen and oxygen atoms in total. The number of nitro groups is 1. The first-order chi connectivity index (χ1) is 11.0. The largest absolute Gasteiger partial charge is 0.488 e. The van der Waals surface area contributed by atoms with E-state index in [0.717, 1.165) is 17.7 Å². The Morgan fingerprint density at radius 2 is 1.91 bits per heavy atom. The first-order valence-corrected chi connectivity index (χ1v) is 6.59. The standard InChI is InChI=1S/C14H13BN2O6/c18-14(23-9-10-4-2-1-3-5-10)16-12-6-11(15(19)20)7-13(8-12)17(21)22/h1-8,19-20H,9H2,(H,16,18). The molecule has 0 unspecified atom stereocenters. The van der Waals surface area contributed by atoms with E-state index < -0.39 is 18.1 Å². The lowest BCUT2D eigenvalue weighted by Gasteiger charge is -2.08. The zero-order valence-corrected chi connectivity index (χ0v) is 11.9. The lowest BCUT2D eigenvalue weighted by atomic mass is 9.80. The molecule has 0 bridgehead atoms. The van der Waals surface area contributed by atoms with Crippen molar-refractivity contribution in [2.24, 2.45) is 0 Å². The molecule has 0 aliphatic rings. The van der Waals surface area contributed by atoms with Gasteiger partial charge in [0.1, 0.15) is 6.61 Å². The fourth-order valence-electron chi connectivity index (χ4n) is 1.84. The van der Waals surface area contributed by atoms with Gasteiger partial charge in [0.25, 0.3) is 5.69 Å². The number of hydrogen-bond donors (Lipinski definition) is 3. The molecule has 3 N–H and O–H groups in total. The molecule has 0 radical (unpaired) electrons. The molecule has 1 amide bonds. The third-order valence-electron chi connectivity index (χ3n) is 2.91. The molecule has 23 heavy (non-hydrogen) atoms. The van der Waals surface area contributed by atoms with Crippen LogP contribution < -0.4 is 10.8 Å². The molecule has 0 heterocycles. The van der Waals surface area contributed by atoms with Crippen molar-refractivity contribution in [2.75, 3.05) is 5.32 Å². The van der Waals surface area contributed by atoms with Gasteiger partial charge in [0.2, 0.25) is 0 Å². The number of nitrogens with one attached hydrogen (secondary N) is 1. The first-order valence-electron chi connectivity index (χ1n) is 6.59. The Morgan fingerprint density at radius 3 is 2.52 bits per heavy atom. The molecular weight excluding hydrogens is 303 g/mol. The molecule has 0 spiro atoms. The van der Waals surface area contributed by atoms with Crippen molar-refractivity contribution < 1.29 is 24.5 Å². The van der Waals surface area contributed by atoms with Gasteiger partial charge in [-0.2, -0.15) is 0 Å². The minimum atomic E-state index is -1.89. The lowest BCUT2D eigenvalue weighted by Crippen LogP contribution is -2.30. The van der Waals surface area contributed by atoms with Crippen molar-refractivity contribution in [1.82, 2.24) is 0 Å². The van der Waals surface area contributed by atoms with Gasteiger partial charge >= 0.3 is 13.2 Å². The van der Waals surface area contributed by atoms with Crippen molar-refractivity contribution in [3.8, 4) is 0 Å². The average molecular weight is 316 g/mol. The summed E-state index contributed by atoms with van der Waals surface area (Å²) in [4.78, 5) is 21.8. The van der Waals surface area contributed by atoms with Crippen LogP contribution in [0.25, 0.3) is 0 Å². The Kier molecular flexibility index (Phi) is 5.29. The van der Waals surface area contributed by atoms with Crippen LogP contribution in [-0.4, -0.2) is 28.2 Å². The average Bonchev–Trinajstić information content (AvgIpc) is 2.53. The van der Waals surface area contributed by atoms with Crippen LogP contribution in [0.1, 0.15) is 5.56 Å². The van der Waals surface area contributed by atoms with Crippen LogP contribution in [0, 0.1) is 10.1 Å². The van der Waals surface area contributed by atoms with Gasteiger partial charge in [0.15, 0.2) is 0 Å². The summed E-state index contributed by atoms with van der Waals surface area (Å²) in [5, 5.41) is 31.4. The molecule has 0 saturated carbocycles. The maximum atomic E-state index is 11.7. The summed E-state index contributed by atoms with van der Waals surface area (Å²) in [5.74, 6) is 0. The van der Waals surface area contributed by atoms with Gasteiger partial charge in [-0.3, -0.25) is 15.4 Å². The zero-order chi connectivity index (χ0) is 16.8. The number of carbonyl (C=O) groups is 1. The van der Waals surface area contributed by atoms with Gasteiger partial charge < -0.3 is 14.8 Å². The molecule has 118 valence electrons. The van der Waals surface area contributed by atoms with Gasteiger partial charge in [-0.25, -0.2) is 4.79 Å². The molecule has 0 aliphatic heterocycles. The first kappa shape index (κ1) is 16.5. The van der Waals surface area contributed by atoms with Gasteiger partial charge in [-0.1, -0.05) is 30.3 Å². The molecule has 2 aromatic carbocycles. The second kappa shape index (κ2) is 7.39. The molecular formula is C14H13BN2O6. The third kappa shape index (κ3) is 4.80. The minimum Gasteiger partial charge on any atom is -0.444 e. The molecule has 0 aliphatic carbocycles. The highest BCUT2D eigenvalue weighted by Gasteiger charge is 2.18. The highest BCUT2D eigenvalue weighted by molar-refractivity contribution is 6.58. The van der Waals surface area contributed by atoms with E-state index in [-0.39, 0.29) is 23.4 Å². The molecule has 2 aromatic rings. The fourth-order valence-corrected chi connectivity index (χ4v) is 1.84. The Balaban J connectivity index is 2.06. The Morgan fingerprint density at radius 1 is 1.22 bits per heavy atom. The third-order valence-corrected chi connectivity index (χ3v) is 2.91.